The van der Waals surface area contributed by atoms with Crippen molar-refractivity contribution in [1.29, 1.82) is 0 Å². The summed E-state index contributed by atoms with van der Waals surface area (Å²) in [5.41, 5.74) is 2.34. The number of likely N-dealkylation sites (N-methyl/N-ethyl adjacent to an activating group) is 1. The predicted octanol–water partition coefficient (Wildman–Crippen LogP) is 4.19. The Morgan fingerprint density at radius 2 is 1.57 bits per heavy atom. The maximum Gasteiger partial charge on any atom is 0.264 e. The van der Waals surface area contributed by atoms with E-state index in [-0.39, 0.29) is 23.0 Å². The summed E-state index contributed by atoms with van der Waals surface area (Å²) in [7, 11) is -2.83. The van der Waals surface area contributed by atoms with Gasteiger partial charge in [0.25, 0.3) is 10.0 Å². The number of carbonyl (C=O) groups excluding carboxylic acids is 2. The molecule has 37 heavy (non-hydrogen) atoms. The van der Waals surface area contributed by atoms with Crippen LogP contribution in [0.5, 0.6) is 0 Å². The smallest absolute Gasteiger partial charge is 0.264 e. The summed E-state index contributed by atoms with van der Waals surface area (Å²) < 4.78 is 43.1. The van der Waals surface area contributed by atoms with Crippen LogP contribution in [-0.2, 0) is 26.2 Å². The van der Waals surface area contributed by atoms with Gasteiger partial charge in [0.1, 0.15) is 18.4 Å². The number of benzene rings is 3. The summed E-state index contributed by atoms with van der Waals surface area (Å²) >= 11 is 0. The molecule has 196 valence electrons. The zero-order valence-electron chi connectivity index (χ0n) is 21.4. The largest absolute Gasteiger partial charge is 0.357 e. The highest BCUT2D eigenvalue weighted by Crippen LogP contribution is 2.27. The summed E-state index contributed by atoms with van der Waals surface area (Å²) in [6, 6.07) is 18.1. The van der Waals surface area contributed by atoms with Gasteiger partial charge in [-0.15, -0.1) is 0 Å². The molecule has 0 radical (unpaired) electrons. The fourth-order valence-corrected chi connectivity index (χ4v) is 5.48. The molecule has 2 amide bonds. The normalized spacial score (nSPS) is 12.0. The number of sulfonamides is 1. The highest BCUT2D eigenvalue weighted by Gasteiger charge is 2.34. The van der Waals surface area contributed by atoms with Crippen molar-refractivity contribution in [1.82, 2.24) is 10.2 Å². The first kappa shape index (κ1) is 27.9. The molecule has 1 N–H and O–H groups in total. The van der Waals surface area contributed by atoms with Gasteiger partial charge in [0.05, 0.1) is 10.6 Å². The second kappa shape index (κ2) is 12.0. The number of nitrogens with zero attached hydrogens (tertiary/aromatic N) is 2. The Morgan fingerprint density at radius 3 is 2.16 bits per heavy atom. The number of rotatable bonds is 10. The van der Waals surface area contributed by atoms with Gasteiger partial charge in [-0.1, -0.05) is 61.0 Å². The van der Waals surface area contributed by atoms with E-state index in [1.165, 1.54) is 42.3 Å². The summed E-state index contributed by atoms with van der Waals surface area (Å²) in [6.45, 7) is 4.90. The lowest BCUT2D eigenvalue weighted by atomic mass is 10.1. The van der Waals surface area contributed by atoms with Crippen LogP contribution in [0.1, 0.15) is 30.0 Å². The first-order chi connectivity index (χ1) is 17.6. The summed E-state index contributed by atoms with van der Waals surface area (Å²) in [4.78, 5) is 27.8. The first-order valence-electron chi connectivity index (χ1n) is 12.0. The van der Waals surface area contributed by atoms with E-state index in [9.17, 15) is 22.4 Å². The van der Waals surface area contributed by atoms with E-state index < -0.39 is 34.3 Å². The van der Waals surface area contributed by atoms with Crippen molar-refractivity contribution in [2.75, 3.05) is 17.9 Å². The third kappa shape index (κ3) is 6.35. The SMILES string of the molecule is CC[C@H](C(=O)NC)N(Cc1ccccc1C)C(=O)CN(c1ccccc1F)S(=O)(=O)c1ccc(C)cc1. The monoisotopic (exact) mass is 525 g/mol. The Bertz CT molecular complexity index is 1360. The standard InChI is InChI=1S/C28H32FN3O4S/c1-5-25(28(34)30-4)31(18-22-11-7-6-10-21(22)3)27(33)19-32(26-13-9-8-12-24(26)29)37(35,36)23-16-14-20(2)15-17-23/h6-17,25H,5,18-19H2,1-4H3,(H,30,34)/t25-/m1/s1. The molecular formula is C28H32FN3O4S. The topological polar surface area (TPSA) is 86.8 Å². The van der Waals surface area contributed by atoms with Gasteiger partial charge in [0.15, 0.2) is 0 Å². The van der Waals surface area contributed by atoms with E-state index in [4.69, 9.17) is 0 Å². The molecule has 0 spiro atoms. The van der Waals surface area contributed by atoms with Crippen molar-refractivity contribution >= 4 is 27.5 Å². The van der Waals surface area contributed by atoms with Gasteiger partial charge in [0, 0.05) is 13.6 Å². The van der Waals surface area contributed by atoms with Crippen molar-refractivity contribution in [2.45, 2.75) is 44.7 Å². The second-order valence-corrected chi connectivity index (χ2v) is 10.6. The molecule has 0 aromatic heterocycles. The minimum atomic E-state index is -4.32. The average Bonchev–Trinajstić information content (AvgIpc) is 2.88. The number of para-hydroxylation sites is 1. The average molecular weight is 526 g/mol. The number of aryl methyl sites for hydroxylation is 2. The van der Waals surface area contributed by atoms with Crippen LogP contribution in [0, 0.1) is 19.7 Å². The minimum absolute atomic E-state index is 0.0713. The van der Waals surface area contributed by atoms with Gasteiger partial charge >= 0.3 is 0 Å². The fraction of sp³-hybridized carbons (Fsp3) is 0.286. The third-order valence-corrected chi connectivity index (χ3v) is 8.02. The van der Waals surface area contributed by atoms with E-state index in [2.05, 4.69) is 5.32 Å². The zero-order chi connectivity index (χ0) is 27.2. The number of carbonyl (C=O) groups is 2. The van der Waals surface area contributed by atoms with Crippen molar-refractivity contribution in [2.24, 2.45) is 0 Å². The van der Waals surface area contributed by atoms with Crippen molar-refractivity contribution in [3.05, 3.63) is 95.3 Å². The van der Waals surface area contributed by atoms with Crippen LogP contribution >= 0.6 is 0 Å². The maximum absolute atomic E-state index is 14.9. The molecule has 0 aliphatic carbocycles. The zero-order valence-corrected chi connectivity index (χ0v) is 22.3. The number of nitrogens with one attached hydrogen (secondary N) is 1. The molecule has 0 bridgehead atoms. The highest BCUT2D eigenvalue weighted by molar-refractivity contribution is 7.92. The number of hydrogen-bond donors (Lipinski definition) is 1. The van der Waals surface area contributed by atoms with Crippen molar-refractivity contribution in [3.8, 4) is 0 Å². The summed E-state index contributed by atoms with van der Waals surface area (Å²) in [5, 5.41) is 2.58. The van der Waals surface area contributed by atoms with Gasteiger partial charge in [-0.2, -0.15) is 0 Å². The van der Waals surface area contributed by atoms with Gasteiger partial charge in [0.2, 0.25) is 11.8 Å². The number of halogens is 1. The van der Waals surface area contributed by atoms with Gasteiger partial charge in [-0.3, -0.25) is 13.9 Å². The van der Waals surface area contributed by atoms with E-state index in [0.717, 1.165) is 27.1 Å². The molecule has 3 aromatic carbocycles. The summed E-state index contributed by atoms with van der Waals surface area (Å²) in [5.74, 6) is -1.78. The Kier molecular flexibility index (Phi) is 9.04. The van der Waals surface area contributed by atoms with Crippen LogP contribution in [0.15, 0.2) is 77.7 Å². The molecule has 3 rings (SSSR count). The quantitative estimate of drug-likeness (QED) is 0.430. The predicted molar refractivity (Wildman–Crippen MR) is 142 cm³/mol. The van der Waals surface area contributed by atoms with E-state index in [0.29, 0.717) is 6.42 Å². The number of anilines is 1. The van der Waals surface area contributed by atoms with E-state index >= 15 is 0 Å². The van der Waals surface area contributed by atoms with Crippen molar-refractivity contribution < 1.29 is 22.4 Å². The number of hydrogen-bond acceptors (Lipinski definition) is 4. The van der Waals surface area contributed by atoms with Gasteiger partial charge in [-0.05, 0) is 55.7 Å². The highest BCUT2D eigenvalue weighted by atomic mass is 32.2. The Balaban J connectivity index is 2.08. The summed E-state index contributed by atoms with van der Waals surface area (Å²) in [6.07, 6.45) is 0.307. The van der Waals surface area contributed by atoms with Crippen LogP contribution in [-0.4, -0.2) is 44.8 Å². The molecule has 0 saturated carbocycles. The molecule has 0 aliphatic rings. The lowest BCUT2D eigenvalue weighted by Gasteiger charge is -2.33. The maximum atomic E-state index is 14.9. The number of amides is 2. The molecule has 1 atom stereocenters. The Morgan fingerprint density at radius 1 is 0.946 bits per heavy atom. The van der Waals surface area contributed by atoms with Crippen LogP contribution in [0.2, 0.25) is 0 Å². The first-order valence-corrected chi connectivity index (χ1v) is 13.4. The molecule has 0 saturated heterocycles. The van der Waals surface area contributed by atoms with Crippen LogP contribution in [0.4, 0.5) is 10.1 Å². The van der Waals surface area contributed by atoms with Crippen LogP contribution < -0.4 is 9.62 Å². The molecule has 0 heterocycles. The second-order valence-electron chi connectivity index (χ2n) is 8.76. The van der Waals surface area contributed by atoms with E-state index in [1.807, 2.05) is 38.1 Å². The molecular weight excluding hydrogens is 493 g/mol. The lowest BCUT2D eigenvalue weighted by molar-refractivity contribution is -0.140. The van der Waals surface area contributed by atoms with E-state index in [1.54, 1.807) is 19.1 Å². The third-order valence-electron chi connectivity index (χ3n) is 6.24. The van der Waals surface area contributed by atoms with Crippen LogP contribution in [0.25, 0.3) is 0 Å². The van der Waals surface area contributed by atoms with Crippen molar-refractivity contribution in [3.63, 3.8) is 0 Å². The fourth-order valence-electron chi connectivity index (χ4n) is 4.06. The Labute approximate surface area is 218 Å². The van der Waals surface area contributed by atoms with Gasteiger partial charge < -0.3 is 10.2 Å². The molecule has 0 unspecified atom stereocenters. The Hall–Kier alpha value is -3.72. The molecule has 0 aliphatic heterocycles. The van der Waals surface area contributed by atoms with Crippen LogP contribution in [0.3, 0.4) is 0 Å². The molecule has 7 nitrogen and oxygen atoms in total. The van der Waals surface area contributed by atoms with Gasteiger partial charge in [-0.25, -0.2) is 12.8 Å². The lowest BCUT2D eigenvalue weighted by Crippen LogP contribution is -2.52. The molecule has 3 aromatic rings. The minimum Gasteiger partial charge on any atom is -0.357 e. The molecule has 9 heteroatoms. The molecule has 0 fully saturated rings.